The fourth-order valence-corrected chi connectivity index (χ4v) is 1.18. The Bertz CT molecular complexity index is 228. The number of carbonyl (C=O) groups excluding carboxylic acids is 1. The van der Waals surface area contributed by atoms with E-state index < -0.39 is 0 Å². The fourth-order valence-electron chi connectivity index (χ4n) is 0.573. The summed E-state index contributed by atoms with van der Waals surface area (Å²) in [6.45, 7) is 3.38. The van der Waals surface area contributed by atoms with Crippen LogP contribution in [0.5, 0.6) is 0 Å². The van der Waals surface area contributed by atoms with Gasteiger partial charge in [-0.2, -0.15) is 0 Å². The first-order valence-electron chi connectivity index (χ1n) is 2.85. The third-order valence-corrected chi connectivity index (χ3v) is 1.84. The molecule has 52 valence electrons. The molecular formula is C7H7NOS. The summed E-state index contributed by atoms with van der Waals surface area (Å²) in [5.41, 5.74) is 1.71. The van der Waals surface area contributed by atoms with Crippen LogP contribution in [-0.2, 0) is 11.2 Å². The van der Waals surface area contributed by atoms with Crippen molar-refractivity contribution in [1.82, 2.24) is 4.98 Å². The van der Waals surface area contributed by atoms with Crippen molar-refractivity contribution in [2.75, 3.05) is 0 Å². The first kappa shape index (κ1) is 7.15. The Kier molecular flexibility index (Phi) is 2.34. The van der Waals surface area contributed by atoms with E-state index in [-0.39, 0.29) is 5.78 Å². The van der Waals surface area contributed by atoms with E-state index in [2.05, 4.69) is 11.6 Å². The second-order valence-electron chi connectivity index (χ2n) is 1.81. The number of hydrogen-bond acceptors (Lipinski definition) is 3. The molecule has 0 aliphatic heterocycles. The third kappa shape index (κ3) is 1.77. The van der Waals surface area contributed by atoms with Gasteiger partial charge in [0.1, 0.15) is 0 Å². The van der Waals surface area contributed by atoms with Crippen LogP contribution in [0.1, 0.15) is 4.88 Å². The molecule has 0 aromatic carbocycles. The van der Waals surface area contributed by atoms with Crippen molar-refractivity contribution in [3.05, 3.63) is 29.2 Å². The van der Waals surface area contributed by atoms with Gasteiger partial charge in [0.15, 0.2) is 5.78 Å². The van der Waals surface area contributed by atoms with Gasteiger partial charge in [0.2, 0.25) is 0 Å². The molecule has 2 nitrogen and oxygen atoms in total. The molecule has 0 spiro atoms. The lowest BCUT2D eigenvalue weighted by Crippen LogP contribution is -1.94. The number of rotatable bonds is 3. The Hall–Kier alpha value is -0.960. The van der Waals surface area contributed by atoms with Crippen LogP contribution in [0.3, 0.4) is 0 Å². The molecule has 0 aliphatic carbocycles. The van der Waals surface area contributed by atoms with Crippen LogP contribution < -0.4 is 0 Å². The highest BCUT2D eigenvalue weighted by Gasteiger charge is 1.98. The Balaban J connectivity index is 2.56. The first-order valence-corrected chi connectivity index (χ1v) is 3.73. The molecule has 0 saturated carbocycles. The molecule has 1 aromatic rings. The number of allylic oxidation sites excluding steroid dienone is 1. The topological polar surface area (TPSA) is 30.0 Å². The second-order valence-corrected chi connectivity index (χ2v) is 2.79. The summed E-state index contributed by atoms with van der Waals surface area (Å²) < 4.78 is 0. The van der Waals surface area contributed by atoms with Gasteiger partial charge in [0.25, 0.3) is 0 Å². The molecule has 0 fully saturated rings. The quantitative estimate of drug-likeness (QED) is 0.615. The van der Waals surface area contributed by atoms with Crippen LogP contribution in [0.2, 0.25) is 0 Å². The minimum absolute atomic E-state index is 0.0456. The smallest absolute Gasteiger partial charge is 0.160 e. The molecular weight excluding hydrogens is 146 g/mol. The summed E-state index contributed by atoms with van der Waals surface area (Å²) in [5.74, 6) is 0.0456. The average Bonchev–Trinajstić information content (AvgIpc) is 2.40. The molecule has 0 N–H and O–H groups in total. The zero-order chi connectivity index (χ0) is 7.40. The van der Waals surface area contributed by atoms with Gasteiger partial charge in [-0.15, -0.1) is 11.3 Å². The van der Waals surface area contributed by atoms with Crippen LogP contribution in [-0.4, -0.2) is 10.8 Å². The highest BCUT2D eigenvalue weighted by atomic mass is 32.1. The van der Waals surface area contributed by atoms with Gasteiger partial charge in [-0.3, -0.25) is 9.78 Å². The Morgan fingerprint density at radius 2 is 2.70 bits per heavy atom. The molecule has 0 radical (unpaired) electrons. The highest BCUT2D eigenvalue weighted by Crippen LogP contribution is 2.06. The molecule has 0 saturated heterocycles. The van der Waals surface area contributed by atoms with Gasteiger partial charge >= 0.3 is 0 Å². The monoisotopic (exact) mass is 153 g/mol. The molecule has 3 heteroatoms. The van der Waals surface area contributed by atoms with Crippen molar-refractivity contribution in [2.45, 2.75) is 6.42 Å². The Labute approximate surface area is 63.2 Å². The average molecular weight is 153 g/mol. The van der Waals surface area contributed by atoms with Crippen molar-refractivity contribution in [3.8, 4) is 0 Å². The molecule has 10 heavy (non-hydrogen) atoms. The number of nitrogens with zero attached hydrogens (tertiary/aromatic N) is 1. The number of carbonyl (C=O) groups is 1. The molecule has 1 heterocycles. The maximum atomic E-state index is 10.7. The summed E-state index contributed by atoms with van der Waals surface area (Å²) >= 11 is 1.49. The lowest BCUT2D eigenvalue weighted by Gasteiger charge is -1.86. The van der Waals surface area contributed by atoms with Gasteiger partial charge in [-0.25, -0.2) is 0 Å². The SMILES string of the molecule is C=CC(=O)Cc1cncs1. The Morgan fingerprint density at radius 1 is 1.90 bits per heavy atom. The normalized spacial score (nSPS) is 9.20. The van der Waals surface area contributed by atoms with Crippen molar-refractivity contribution < 1.29 is 4.79 Å². The first-order chi connectivity index (χ1) is 4.83. The van der Waals surface area contributed by atoms with Crippen LogP contribution in [0.25, 0.3) is 0 Å². The van der Waals surface area contributed by atoms with Crippen LogP contribution >= 0.6 is 11.3 Å². The molecule has 0 amide bonds. The highest BCUT2D eigenvalue weighted by molar-refractivity contribution is 7.09. The summed E-state index contributed by atoms with van der Waals surface area (Å²) in [7, 11) is 0. The summed E-state index contributed by atoms with van der Waals surface area (Å²) in [4.78, 5) is 15.6. The summed E-state index contributed by atoms with van der Waals surface area (Å²) in [6.07, 6.45) is 3.47. The van der Waals surface area contributed by atoms with E-state index in [9.17, 15) is 4.79 Å². The van der Waals surface area contributed by atoms with Crippen molar-refractivity contribution in [1.29, 1.82) is 0 Å². The van der Waals surface area contributed by atoms with E-state index in [0.29, 0.717) is 6.42 Å². The lowest BCUT2D eigenvalue weighted by molar-refractivity contribution is -0.113. The van der Waals surface area contributed by atoms with E-state index in [0.717, 1.165) is 4.88 Å². The van der Waals surface area contributed by atoms with E-state index in [4.69, 9.17) is 0 Å². The minimum Gasteiger partial charge on any atom is -0.294 e. The standard InChI is InChI=1S/C7H7NOS/c1-2-6(9)3-7-4-8-5-10-7/h2,4-5H,1,3H2. The maximum absolute atomic E-state index is 10.7. The van der Waals surface area contributed by atoms with Crippen molar-refractivity contribution in [2.24, 2.45) is 0 Å². The number of aromatic nitrogens is 1. The Morgan fingerprint density at radius 3 is 3.20 bits per heavy atom. The second kappa shape index (κ2) is 3.27. The van der Waals surface area contributed by atoms with Gasteiger partial charge in [0, 0.05) is 17.5 Å². The van der Waals surface area contributed by atoms with Gasteiger partial charge in [0.05, 0.1) is 5.51 Å². The molecule has 1 aromatic heterocycles. The zero-order valence-corrected chi connectivity index (χ0v) is 6.23. The summed E-state index contributed by atoms with van der Waals surface area (Å²) in [6, 6.07) is 0. The van der Waals surface area contributed by atoms with Gasteiger partial charge in [-0.1, -0.05) is 6.58 Å². The van der Waals surface area contributed by atoms with Crippen molar-refractivity contribution in [3.63, 3.8) is 0 Å². The van der Waals surface area contributed by atoms with E-state index in [1.54, 1.807) is 11.7 Å². The predicted octanol–water partition coefficient (Wildman–Crippen LogP) is 1.44. The number of thiazole rings is 1. The summed E-state index contributed by atoms with van der Waals surface area (Å²) in [5, 5.41) is 0. The maximum Gasteiger partial charge on any atom is 0.160 e. The van der Waals surface area contributed by atoms with E-state index in [1.165, 1.54) is 17.4 Å². The van der Waals surface area contributed by atoms with Crippen molar-refractivity contribution >= 4 is 17.1 Å². The molecule has 1 rings (SSSR count). The van der Waals surface area contributed by atoms with Crippen LogP contribution in [0, 0.1) is 0 Å². The van der Waals surface area contributed by atoms with Crippen LogP contribution in [0.4, 0.5) is 0 Å². The molecule has 0 aliphatic rings. The molecule has 0 unspecified atom stereocenters. The predicted molar refractivity (Wildman–Crippen MR) is 41.0 cm³/mol. The zero-order valence-electron chi connectivity index (χ0n) is 5.41. The van der Waals surface area contributed by atoms with E-state index >= 15 is 0 Å². The largest absolute Gasteiger partial charge is 0.294 e. The third-order valence-electron chi connectivity index (χ3n) is 1.06. The minimum atomic E-state index is 0.0456. The van der Waals surface area contributed by atoms with Gasteiger partial charge in [-0.05, 0) is 6.08 Å². The van der Waals surface area contributed by atoms with Gasteiger partial charge < -0.3 is 0 Å². The van der Waals surface area contributed by atoms with E-state index in [1.807, 2.05) is 0 Å². The molecule has 0 bridgehead atoms. The number of ketones is 1. The lowest BCUT2D eigenvalue weighted by atomic mass is 10.2. The fraction of sp³-hybridized carbons (Fsp3) is 0.143. The molecule has 0 atom stereocenters. The van der Waals surface area contributed by atoms with Crippen LogP contribution in [0.15, 0.2) is 24.4 Å². The number of hydrogen-bond donors (Lipinski definition) is 0.